The first kappa shape index (κ1) is 19.0. The SMILES string of the molecule is Cc1ccccc1-c1ccc(C2=CCCc3cc[nH]c32)cc1/C=C/C(=O)N(C)C. The Bertz CT molecular complexity index is 1120. The number of nitrogens with zero attached hydrogens (tertiary/aromatic N) is 1. The van der Waals surface area contributed by atoms with Crippen LogP contribution in [-0.4, -0.2) is 29.9 Å². The van der Waals surface area contributed by atoms with Crippen LogP contribution in [0.3, 0.4) is 0 Å². The summed E-state index contributed by atoms with van der Waals surface area (Å²) in [6.45, 7) is 2.12. The Morgan fingerprint density at radius 1 is 1.07 bits per heavy atom. The first-order valence-electron chi connectivity index (χ1n) is 10.0. The molecule has 3 aromatic rings. The number of likely N-dealkylation sites (N-methyl/N-ethyl adjacent to an activating group) is 1. The molecule has 0 spiro atoms. The number of amides is 1. The number of aromatic amines is 1. The van der Waals surface area contributed by atoms with Gasteiger partial charge in [0, 0.05) is 37.6 Å². The van der Waals surface area contributed by atoms with E-state index in [0.29, 0.717) is 0 Å². The van der Waals surface area contributed by atoms with Crippen LogP contribution in [-0.2, 0) is 11.2 Å². The van der Waals surface area contributed by atoms with Crippen molar-refractivity contribution in [1.29, 1.82) is 0 Å². The van der Waals surface area contributed by atoms with Gasteiger partial charge < -0.3 is 9.88 Å². The van der Waals surface area contributed by atoms with Gasteiger partial charge in [-0.25, -0.2) is 0 Å². The number of allylic oxidation sites excluding steroid dienone is 1. The fourth-order valence-electron chi connectivity index (χ4n) is 3.90. The second-order valence-electron chi connectivity index (χ2n) is 7.72. The van der Waals surface area contributed by atoms with E-state index in [-0.39, 0.29) is 5.91 Å². The Morgan fingerprint density at radius 3 is 2.69 bits per heavy atom. The molecule has 0 atom stereocenters. The number of H-pyrrole nitrogens is 1. The minimum absolute atomic E-state index is 0.0188. The smallest absolute Gasteiger partial charge is 0.246 e. The van der Waals surface area contributed by atoms with Gasteiger partial charge in [0.05, 0.1) is 0 Å². The predicted octanol–water partition coefficient (Wildman–Crippen LogP) is 5.47. The molecule has 1 aliphatic rings. The van der Waals surface area contributed by atoms with Crippen LogP contribution >= 0.6 is 0 Å². The highest BCUT2D eigenvalue weighted by atomic mass is 16.2. The van der Waals surface area contributed by atoms with E-state index in [2.05, 4.69) is 66.5 Å². The third kappa shape index (κ3) is 3.81. The lowest BCUT2D eigenvalue weighted by atomic mass is 9.88. The fourth-order valence-corrected chi connectivity index (χ4v) is 3.90. The number of hydrogen-bond acceptors (Lipinski definition) is 1. The molecule has 0 aliphatic heterocycles. The molecule has 3 nitrogen and oxygen atoms in total. The molecule has 1 amide bonds. The van der Waals surface area contributed by atoms with Crippen molar-refractivity contribution in [3.63, 3.8) is 0 Å². The number of aryl methyl sites for hydroxylation is 2. The van der Waals surface area contributed by atoms with E-state index in [4.69, 9.17) is 0 Å². The first-order valence-corrected chi connectivity index (χ1v) is 10.0. The van der Waals surface area contributed by atoms with Crippen LogP contribution in [0.15, 0.2) is 66.9 Å². The largest absolute Gasteiger partial charge is 0.361 e. The van der Waals surface area contributed by atoms with Gasteiger partial charge >= 0.3 is 0 Å². The Labute approximate surface area is 172 Å². The summed E-state index contributed by atoms with van der Waals surface area (Å²) >= 11 is 0. The summed E-state index contributed by atoms with van der Waals surface area (Å²) in [5, 5.41) is 0. The number of rotatable bonds is 4. The van der Waals surface area contributed by atoms with Crippen molar-refractivity contribution in [3.05, 3.63) is 94.8 Å². The van der Waals surface area contributed by atoms with Crippen LogP contribution in [0.1, 0.15) is 34.4 Å². The summed E-state index contributed by atoms with van der Waals surface area (Å²) in [5.41, 5.74) is 9.57. The van der Waals surface area contributed by atoms with Gasteiger partial charge in [-0.05, 0) is 71.4 Å². The van der Waals surface area contributed by atoms with Gasteiger partial charge in [-0.2, -0.15) is 0 Å². The third-order valence-corrected chi connectivity index (χ3v) is 5.51. The average molecular weight is 383 g/mol. The Balaban J connectivity index is 1.83. The molecule has 29 heavy (non-hydrogen) atoms. The van der Waals surface area contributed by atoms with Crippen LogP contribution in [0.2, 0.25) is 0 Å². The third-order valence-electron chi connectivity index (χ3n) is 5.51. The molecule has 0 unspecified atom stereocenters. The minimum Gasteiger partial charge on any atom is -0.361 e. The normalized spacial score (nSPS) is 13.3. The van der Waals surface area contributed by atoms with Crippen LogP contribution in [0.4, 0.5) is 0 Å². The summed E-state index contributed by atoms with van der Waals surface area (Å²) in [6, 6.07) is 17.1. The average Bonchev–Trinajstić information content (AvgIpc) is 3.21. The zero-order valence-electron chi connectivity index (χ0n) is 17.2. The van der Waals surface area contributed by atoms with Crippen molar-refractivity contribution in [3.8, 4) is 11.1 Å². The fraction of sp³-hybridized carbons (Fsp3) is 0.192. The molecule has 0 saturated heterocycles. The number of nitrogens with one attached hydrogen (secondary N) is 1. The molecule has 1 heterocycles. The zero-order chi connectivity index (χ0) is 20.4. The Morgan fingerprint density at radius 2 is 1.90 bits per heavy atom. The number of aromatic nitrogens is 1. The first-order chi connectivity index (χ1) is 14.0. The topological polar surface area (TPSA) is 36.1 Å². The van der Waals surface area contributed by atoms with Crippen LogP contribution in [0.5, 0.6) is 0 Å². The van der Waals surface area contributed by atoms with Crippen LogP contribution < -0.4 is 0 Å². The van der Waals surface area contributed by atoms with Gasteiger partial charge in [0.25, 0.3) is 0 Å². The van der Waals surface area contributed by atoms with Crippen molar-refractivity contribution >= 4 is 17.6 Å². The van der Waals surface area contributed by atoms with E-state index < -0.39 is 0 Å². The van der Waals surface area contributed by atoms with Crippen molar-refractivity contribution in [1.82, 2.24) is 9.88 Å². The van der Waals surface area contributed by atoms with E-state index in [9.17, 15) is 4.79 Å². The Kier molecular flexibility index (Phi) is 5.22. The van der Waals surface area contributed by atoms with Gasteiger partial charge in [0.2, 0.25) is 5.91 Å². The second-order valence-corrected chi connectivity index (χ2v) is 7.72. The number of hydrogen-bond donors (Lipinski definition) is 1. The molecule has 0 saturated carbocycles. The zero-order valence-corrected chi connectivity index (χ0v) is 17.2. The lowest BCUT2D eigenvalue weighted by Gasteiger charge is -2.17. The summed E-state index contributed by atoms with van der Waals surface area (Å²) in [5.74, 6) is -0.0188. The maximum Gasteiger partial charge on any atom is 0.246 e. The molecule has 0 bridgehead atoms. The highest BCUT2D eigenvalue weighted by molar-refractivity contribution is 5.94. The molecule has 1 aromatic heterocycles. The van der Waals surface area contributed by atoms with Crippen LogP contribution in [0.25, 0.3) is 22.8 Å². The predicted molar refractivity (Wildman–Crippen MR) is 121 cm³/mol. The highest BCUT2D eigenvalue weighted by Crippen LogP contribution is 2.35. The van der Waals surface area contributed by atoms with E-state index in [1.807, 2.05) is 12.3 Å². The molecule has 1 N–H and O–H groups in total. The molecule has 3 heteroatoms. The van der Waals surface area contributed by atoms with E-state index in [1.165, 1.54) is 33.5 Å². The van der Waals surface area contributed by atoms with Gasteiger partial charge in [-0.15, -0.1) is 0 Å². The summed E-state index contributed by atoms with van der Waals surface area (Å²) < 4.78 is 0. The number of carbonyl (C=O) groups excluding carboxylic acids is 1. The van der Waals surface area contributed by atoms with Crippen molar-refractivity contribution in [2.75, 3.05) is 14.1 Å². The Hall–Kier alpha value is -3.33. The quantitative estimate of drug-likeness (QED) is 0.597. The number of benzene rings is 2. The summed E-state index contributed by atoms with van der Waals surface area (Å²) in [7, 11) is 3.54. The lowest BCUT2D eigenvalue weighted by Crippen LogP contribution is -2.18. The summed E-state index contributed by atoms with van der Waals surface area (Å²) in [4.78, 5) is 17.2. The molecule has 2 aromatic carbocycles. The van der Waals surface area contributed by atoms with E-state index in [0.717, 1.165) is 24.0 Å². The van der Waals surface area contributed by atoms with Gasteiger partial charge in [-0.1, -0.05) is 42.5 Å². The molecular weight excluding hydrogens is 356 g/mol. The van der Waals surface area contributed by atoms with Crippen molar-refractivity contribution in [2.24, 2.45) is 0 Å². The monoisotopic (exact) mass is 382 g/mol. The lowest BCUT2D eigenvalue weighted by molar-refractivity contribution is -0.123. The van der Waals surface area contributed by atoms with E-state index >= 15 is 0 Å². The highest BCUT2D eigenvalue weighted by Gasteiger charge is 2.16. The minimum atomic E-state index is -0.0188. The molecular formula is C26H26N2O. The molecule has 146 valence electrons. The van der Waals surface area contributed by atoms with Gasteiger partial charge in [0.1, 0.15) is 0 Å². The molecule has 1 aliphatic carbocycles. The maximum absolute atomic E-state index is 12.2. The standard InChI is InChI=1S/C26H26N2O/c1-18-7-4-5-9-22(18)23-13-11-21(17-20(23)12-14-25(29)28(2)3)24-10-6-8-19-15-16-27-26(19)24/h4-5,7,9-17,27H,6,8H2,1-3H3/b14-12+. The number of fused-ring (bicyclic) bond motifs is 1. The molecule has 0 radical (unpaired) electrons. The maximum atomic E-state index is 12.2. The molecule has 4 rings (SSSR count). The summed E-state index contributed by atoms with van der Waals surface area (Å²) in [6.07, 6.45) is 10.0. The number of carbonyl (C=O) groups is 1. The van der Waals surface area contributed by atoms with Gasteiger partial charge in [0.15, 0.2) is 0 Å². The second kappa shape index (κ2) is 7.96. The van der Waals surface area contributed by atoms with E-state index in [1.54, 1.807) is 25.1 Å². The van der Waals surface area contributed by atoms with Gasteiger partial charge in [-0.3, -0.25) is 4.79 Å². The van der Waals surface area contributed by atoms with Crippen LogP contribution in [0, 0.1) is 6.92 Å². The molecule has 0 fully saturated rings. The van der Waals surface area contributed by atoms with Crippen molar-refractivity contribution < 1.29 is 4.79 Å². The van der Waals surface area contributed by atoms with Crippen molar-refractivity contribution in [2.45, 2.75) is 19.8 Å².